The van der Waals surface area contributed by atoms with E-state index in [9.17, 15) is 4.79 Å². The van der Waals surface area contributed by atoms with Gasteiger partial charge in [0, 0.05) is 25.1 Å². The smallest absolute Gasteiger partial charge is 0.224 e. The summed E-state index contributed by atoms with van der Waals surface area (Å²) in [6, 6.07) is 5.79. The van der Waals surface area contributed by atoms with Gasteiger partial charge in [-0.3, -0.25) is 4.79 Å². The van der Waals surface area contributed by atoms with Crippen LogP contribution in [0.3, 0.4) is 0 Å². The van der Waals surface area contributed by atoms with Crippen molar-refractivity contribution in [1.29, 1.82) is 0 Å². The van der Waals surface area contributed by atoms with Gasteiger partial charge in [0.1, 0.15) is 0 Å². The number of rotatable bonds is 7. The second kappa shape index (κ2) is 7.68. The van der Waals surface area contributed by atoms with Crippen LogP contribution in [0.25, 0.3) is 10.9 Å². The van der Waals surface area contributed by atoms with Crippen molar-refractivity contribution in [2.24, 2.45) is 13.0 Å². The molecule has 1 heterocycles. The molecular weight excluding hydrogens is 296 g/mol. The number of unbranched alkanes of at least 4 members (excludes halogenated alkanes) is 1. The number of carbonyl (C=O) groups excluding carboxylic acids is 1. The van der Waals surface area contributed by atoms with E-state index in [1.807, 2.05) is 36.0 Å². The molecular formula is C18H25ClN2O. The Balaban J connectivity index is 2.12. The maximum atomic E-state index is 12.3. The number of fused-ring (bicyclic) bond motifs is 1. The summed E-state index contributed by atoms with van der Waals surface area (Å²) in [5.74, 6) is 0.542. The molecule has 0 spiro atoms. The maximum Gasteiger partial charge on any atom is 0.224 e. The molecule has 1 unspecified atom stereocenters. The Morgan fingerprint density at radius 1 is 1.36 bits per heavy atom. The van der Waals surface area contributed by atoms with Crippen LogP contribution in [0.4, 0.5) is 5.69 Å². The lowest BCUT2D eigenvalue weighted by molar-refractivity contribution is -0.117. The van der Waals surface area contributed by atoms with Crippen molar-refractivity contribution in [2.45, 2.75) is 46.0 Å². The van der Waals surface area contributed by atoms with Crippen LogP contribution in [-0.4, -0.2) is 10.5 Å². The van der Waals surface area contributed by atoms with Crippen molar-refractivity contribution < 1.29 is 4.79 Å². The molecule has 0 saturated carbocycles. The zero-order valence-corrected chi connectivity index (χ0v) is 14.4. The van der Waals surface area contributed by atoms with Gasteiger partial charge in [0.05, 0.1) is 16.2 Å². The number of hydrogen-bond donors (Lipinski definition) is 1. The number of carbonyl (C=O) groups is 1. The molecule has 0 fully saturated rings. The highest BCUT2D eigenvalue weighted by atomic mass is 35.5. The van der Waals surface area contributed by atoms with Crippen molar-refractivity contribution >= 4 is 34.1 Å². The first-order valence-corrected chi connectivity index (χ1v) is 8.48. The van der Waals surface area contributed by atoms with Gasteiger partial charge in [-0.05, 0) is 24.5 Å². The zero-order chi connectivity index (χ0) is 16.1. The van der Waals surface area contributed by atoms with Crippen LogP contribution in [0.5, 0.6) is 0 Å². The van der Waals surface area contributed by atoms with Crippen LogP contribution < -0.4 is 5.32 Å². The van der Waals surface area contributed by atoms with Gasteiger partial charge in [0.2, 0.25) is 5.91 Å². The molecule has 22 heavy (non-hydrogen) atoms. The minimum Gasteiger partial charge on any atom is -0.348 e. The summed E-state index contributed by atoms with van der Waals surface area (Å²) in [4.78, 5) is 12.3. The molecule has 1 atom stereocenters. The lowest BCUT2D eigenvalue weighted by Crippen LogP contribution is -2.16. The summed E-state index contributed by atoms with van der Waals surface area (Å²) in [7, 11) is 1.96. The molecule has 0 aliphatic rings. The normalized spacial score (nSPS) is 12.5. The van der Waals surface area contributed by atoms with Crippen LogP contribution in [-0.2, 0) is 11.8 Å². The largest absolute Gasteiger partial charge is 0.348 e. The number of nitrogens with zero attached hydrogens (tertiary/aromatic N) is 1. The maximum absolute atomic E-state index is 12.3. The third-order valence-electron chi connectivity index (χ3n) is 4.26. The van der Waals surface area contributed by atoms with Crippen molar-refractivity contribution in [1.82, 2.24) is 4.57 Å². The summed E-state index contributed by atoms with van der Waals surface area (Å²) >= 11 is 6.30. The van der Waals surface area contributed by atoms with Gasteiger partial charge in [-0.15, -0.1) is 0 Å². The van der Waals surface area contributed by atoms with E-state index in [1.54, 1.807) is 0 Å². The minimum atomic E-state index is 0.0790. The molecule has 0 radical (unpaired) electrons. The van der Waals surface area contributed by atoms with E-state index in [4.69, 9.17) is 11.6 Å². The molecule has 1 N–H and O–H groups in total. The standard InChI is InChI=1S/C18H25ClN2O/c1-4-6-8-13(5-2)11-17(22)20-15-12-21(3)16-10-7-9-14(19)18(15)16/h7,9-10,12-13H,4-6,8,11H2,1-3H3,(H,20,22). The van der Waals surface area contributed by atoms with E-state index in [2.05, 4.69) is 19.2 Å². The molecule has 2 rings (SSSR count). The molecule has 0 aliphatic heterocycles. The molecule has 0 saturated heterocycles. The van der Waals surface area contributed by atoms with Crippen molar-refractivity contribution in [3.05, 3.63) is 29.4 Å². The monoisotopic (exact) mass is 320 g/mol. The fourth-order valence-corrected chi connectivity index (χ4v) is 3.17. The molecule has 1 aromatic heterocycles. The van der Waals surface area contributed by atoms with E-state index >= 15 is 0 Å². The van der Waals surface area contributed by atoms with Crippen LogP contribution in [0, 0.1) is 5.92 Å². The highest BCUT2D eigenvalue weighted by Crippen LogP contribution is 2.32. The lowest BCUT2D eigenvalue weighted by Gasteiger charge is -2.14. The zero-order valence-electron chi connectivity index (χ0n) is 13.7. The van der Waals surface area contributed by atoms with Crippen molar-refractivity contribution in [3.63, 3.8) is 0 Å². The van der Waals surface area contributed by atoms with Crippen molar-refractivity contribution in [3.8, 4) is 0 Å². The number of hydrogen-bond acceptors (Lipinski definition) is 1. The predicted octanol–water partition coefficient (Wildman–Crippen LogP) is 5.38. The second-order valence-electron chi connectivity index (χ2n) is 5.96. The summed E-state index contributed by atoms with van der Waals surface area (Å²) < 4.78 is 1.99. The second-order valence-corrected chi connectivity index (χ2v) is 6.36. The quantitative estimate of drug-likeness (QED) is 0.730. The van der Waals surface area contributed by atoms with Gasteiger partial charge in [0.15, 0.2) is 0 Å². The topological polar surface area (TPSA) is 34.0 Å². The fourth-order valence-electron chi connectivity index (χ4n) is 2.90. The van der Waals surface area contributed by atoms with Crippen LogP contribution in [0.15, 0.2) is 24.4 Å². The molecule has 3 nitrogen and oxygen atoms in total. The number of aromatic nitrogens is 1. The molecule has 0 bridgehead atoms. The van der Waals surface area contributed by atoms with E-state index in [0.717, 1.165) is 29.4 Å². The molecule has 2 aromatic rings. The molecule has 1 aromatic carbocycles. The number of amides is 1. The Hall–Kier alpha value is -1.48. The first-order valence-electron chi connectivity index (χ1n) is 8.10. The average molecular weight is 321 g/mol. The molecule has 0 aliphatic carbocycles. The highest BCUT2D eigenvalue weighted by Gasteiger charge is 2.15. The molecule has 120 valence electrons. The third-order valence-corrected chi connectivity index (χ3v) is 4.57. The van der Waals surface area contributed by atoms with Gasteiger partial charge in [-0.25, -0.2) is 0 Å². The van der Waals surface area contributed by atoms with Gasteiger partial charge in [0.25, 0.3) is 0 Å². The molecule has 1 amide bonds. The van der Waals surface area contributed by atoms with Crippen LogP contribution >= 0.6 is 11.6 Å². The summed E-state index contributed by atoms with van der Waals surface area (Å²) in [6.45, 7) is 4.34. The third kappa shape index (κ3) is 3.83. The SMILES string of the molecule is CCCCC(CC)CC(=O)Nc1cn(C)c2cccc(Cl)c12. The number of aryl methyl sites for hydroxylation is 1. The first kappa shape index (κ1) is 16.9. The van der Waals surface area contributed by atoms with E-state index in [-0.39, 0.29) is 5.91 Å². The Labute approximate surface area is 137 Å². The fraction of sp³-hybridized carbons (Fsp3) is 0.500. The summed E-state index contributed by atoms with van der Waals surface area (Å²) in [5, 5.41) is 4.63. The Morgan fingerprint density at radius 3 is 2.82 bits per heavy atom. The van der Waals surface area contributed by atoms with E-state index in [1.165, 1.54) is 12.8 Å². The van der Waals surface area contributed by atoms with Gasteiger partial charge >= 0.3 is 0 Å². The van der Waals surface area contributed by atoms with Gasteiger partial charge < -0.3 is 9.88 Å². The number of halogens is 1. The van der Waals surface area contributed by atoms with Crippen LogP contribution in [0.2, 0.25) is 5.02 Å². The number of nitrogens with one attached hydrogen (secondary N) is 1. The Morgan fingerprint density at radius 2 is 2.14 bits per heavy atom. The average Bonchev–Trinajstić information content (AvgIpc) is 2.81. The lowest BCUT2D eigenvalue weighted by atomic mass is 9.95. The molecule has 4 heteroatoms. The first-order chi connectivity index (χ1) is 10.6. The Kier molecular flexibility index (Phi) is 5.90. The predicted molar refractivity (Wildman–Crippen MR) is 94.5 cm³/mol. The Bertz CT molecular complexity index is 648. The summed E-state index contributed by atoms with van der Waals surface area (Å²) in [5.41, 5.74) is 1.83. The highest BCUT2D eigenvalue weighted by molar-refractivity contribution is 6.36. The van der Waals surface area contributed by atoms with Crippen LogP contribution in [0.1, 0.15) is 46.0 Å². The van der Waals surface area contributed by atoms with Gasteiger partial charge in [-0.2, -0.15) is 0 Å². The minimum absolute atomic E-state index is 0.0790. The van der Waals surface area contributed by atoms with Crippen molar-refractivity contribution in [2.75, 3.05) is 5.32 Å². The van der Waals surface area contributed by atoms with E-state index < -0.39 is 0 Å². The van der Waals surface area contributed by atoms with Gasteiger partial charge in [-0.1, -0.05) is 50.8 Å². The number of benzene rings is 1. The summed E-state index contributed by atoms with van der Waals surface area (Å²) in [6.07, 6.45) is 7.04. The van der Waals surface area contributed by atoms with E-state index in [0.29, 0.717) is 17.4 Å². The number of anilines is 1.